The van der Waals surface area contributed by atoms with Crippen LogP contribution in [0.1, 0.15) is 70.3 Å². The highest BCUT2D eigenvalue weighted by molar-refractivity contribution is 6.01. The summed E-state index contributed by atoms with van der Waals surface area (Å²) in [6.45, 7) is 2.83. The summed E-state index contributed by atoms with van der Waals surface area (Å²) >= 11 is 0. The first-order valence-electron chi connectivity index (χ1n) is 10.4. The highest BCUT2D eigenvalue weighted by Gasteiger charge is 2.18. The van der Waals surface area contributed by atoms with E-state index in [0.29, 0.717) is 18.1 Å². The molecule has 0 bridgehead atoms. The van der Waals surface area contributed by atoms with E-state index < -0.39 is 0 Å². The van der Waals surface area contributed by atoms with Crippen molar-refractivity contribution in [2.75, 3.05) is 13.7 Å². The van der Waals surface area contributed by atoms with Crippen LogP contribution in [0.25, 0.3) is 6.08 Å². The summed E-state index contributed by atoms with van der Waals surface area (Å²) in [6, 6.07) is 7.67. The molecule has 152 valence electrons. The second-order valence-electron chi connectivity index (χ2n) is 7.30. The highest BCUT2D eigenvalue weighted by atomic mass is 16.5. The zero-order valence-corrected chi connectivity index (χ0v) is 17.1. The number of carbonyl (C=O) groups is 1. The van der Waals surface area contributed by atoms with Gasteiger partial charge in [-0.2, -0.15) is 5.26 Å². The standard InChI is InChI=1S/C23H32N2O3/c1-3-4-5-9-14-28-21-13-12-18(16-22(21)27-2)15-19(17-24)23(26)25-20-10-7-6-8-11-20/h12-13,15-16,20H,3-11,14H2,1-2H3,(H,25,26)/b19-15+. The molecule has 1 aromatic rings. The fraction of sp³-hybridized carbons (Fsp3) is 0.565. The highest BCUT2D eigenvalue weighted by Crippen LogP contribution is 2.29. The molecule has 1 amide bonds. The molecule has 0 unspecified atom stereocenters. The van der Waals surface area contributed by atoms with Crippen LogP contribution >= 0.6 is 0 Å². The Bertz CT molecular complexity index is 700. The van der Waals surface area contributed by atoms with Crippen LogP contribution in [-0.4, -0.2) is 25.7 Å². The number of rotatable bonds is 10. The number of ether oxygens (including phenoxy) is 2. The second kappa shape index (κ2) is 12.1. The molecule has 2 rings (SSSR count). The van der Waals surface area contributed by atoms with Crippen molar-refractivity contribution in [2.24, 2.45) is 0 Å². The number of nitrogens with zero attached hydrogens (tertiary/aromatic N) is 1. The number of amides is 1. The summed E-state index contributed by atoms with van der Waals surface area (Å²) in [6.07, 6.45) is 11.6. The molecule has 1 aliphatic rings. The Labute approximate surface area is 168 Å². The maximum atomic E-state index is 12.4. The molecule has 0 atom stereocenters. The quantitative estimate of drug-likeness (QED) is 0.350. The summed E-state index contributed by atoms with van der Waals surface area (Å²) in [4.78, 5) is 12.4. The van der Waals surface area contributed by atoms with Crippen molar-refractivity contribution in [3.05, 3.63) is 29.3 Å². The minimum absolute atomic E-state index is 0.112. The molecule has 0 radical (unpaired) electrons. The summed E-state index contributed by atoms with van der Waals surface area (Å²) in [7, 11) is 1.59. The van der Waals surface area contributed by atoms with E-state index in [9.17, 15) is 10.1 Å². The molecular weight excluding hydrogens is 352 g/mol. The lowest BCUT2D eigenvalue weighted by atomic mass is 9.95. The summed E-state index contributed by atoms with van der Waals surface area (Å²) in [5.41, 5.74) is 0.853. The predicted molar refractivity (Wildman–Crippen MR) is 111 cm³/mol. The monoisotopic (exact) mass is 384 g/mol. The zero-order chi connectivity index (χ0) is 20.2. The van der Waals surface area contributed by atoms with Gasteiger partial charge in [0.2, 0.25) is 0 Å². The van der Waals surface area contributed by atoms with Gasteiger partial charge in [-0.3, -0.25) is 4.79 Å². The van der Waals surface area contributed by atoms with E-state index in [-0.39, 0.29) is 17.5 Å². The maximum Gasteiger partial charge on any atom is 0.262 e. The lowest BCUT2D eigenvalue weighted by Crippen LogP contribution is -2.36. The van der Waals surface area contributed by atoms with Crippen molar-refractivity contribution in [1.82, 2.24) is 5.32 Å². The van der Waals surface area contributed by atoms with Gasteiger partial charge in [0.05, 0.1) is 13.7 Å². The molecule has 28 heavy (non-hydrogen) atoms. The van der Waals surface area contributed by atoms with Gasteiger partial charge in [-0.25, -0.2) is 0 Å². The second-order valence-corrected chi connectivity index (χ2v) is 7.30. The molecule has 1 fully saturated rings. The van der Waals surface area contributed by atoms with Gasteiger partial charge in [0.25, 0.3) is 5.91 Å². The summed E-state index contributed by atoms with van der Waals surface area (Å²) < 4.78 is 11.2. The topological polar surface area (TPSA) is 71.3 Å². The lowest BCUT2D eigenvalue weighted by molar-refractivity contribution is -0.117. The van der Waals surface area contributed by atoms with Gasteiger partial charge in [0, 0.05) is 6.04 Å². The smallest absolute Gasteiger partial charge is 0.262 e. The van der Waals surface area contributed by atoms with E-state index in [2.05, 4.69) is 12.2 Å². The van der Waals surface area contributed by atoms with Gasteiger partial charge >= 0.3 is 0 Å². The lowest BCUT2D eigenvalue weighted by Gasteiger charge is -2.22. The van der Waals surface area contributed by atoms with Crippen LogP contribution in [0.4, 0.5) is 0 Å². The number of methoxy groups -OCH3 is 1. The van der Waals surface area contributed by atoms with Crippen LogP contribution in [0.2, 0.25) is 0 Å². The largest absolute Gasteiger partial charge is 0.493 e. The average Bonchev–Trinajstić information content (AvgIpc) is 2.73. The molecule has 0 saturated heterocycles. The van der Waals surface area contributed by atoms with Crippen molar-refractivity contribution in [1.29, 1.82) is 5.26 Å². The fourth-order valence-corrected chi connectivity index (χ4v) is 3.43. The first-order chi connectivity index (χ1) is 13.7. The predicted octanol–water partition coefficient (Wildman–Crippen LogP) is 5.01. The van der Waals surface area contributed by atoms with E-state index in [1.165, 1.54) is 19.3 Å². The first kappa shape index (κ1) is 21.8. The number of benzene rings is 1. The molecule has 5 nitrogen and oxygen atoms in total. The van der Waals surface area contributed by atoms with Gasteiger partial charge in [-0.05, 0) is 43.0 Å². The third kappa shape index (κ3) is 6.92. The SMILES string of the molecule is CCCCCCOc1ccc(/C=C(\C#N)C(=O)NC2CCCCC2)cc1OC. The van der Waals surface area contributed by atoms with Crippen LogP contribution < -0.4 is 14.8 Å². The van der Waals surface area contributed by atoms with Gasteiger partial charge in [-0.15, -0.1) is 0 Å². The van der Waals surface area contributed by atoms with E-state index >= 15 is 0 Å². The molecular formula is C23H32N2O3. The van der Waals surface area contributed by atoms with Gasteiger partial charge in [0.15, 0.2) is 11.5 Å². The number of hydrogen-bond acceptors (Lipinski definition) is 4. The molecule has 0 spiro atoms. The Hall–Kier alpha value is -2.48. The number of nitrogens with one attached hydrogen (secondary N) is 1. The van der Waals surface area contributed by atoms with E-state index in [1.54, 1.807) is 19.3 Å². The Morgan fingerprint density at radius 2 is 2.00 bits per heavy atom. The van der Waals surface area contributed by atoms with Crippen LogP contribution in [0, 0.1) is 11.3 Å². The molecule has 0 aromatic heterocycles. The molecule has 5 heteroatoms. The van der Waals surface area contributed by atoms with Crippen molar-refractivity contribution >= 4 is 12.0 Å². The Kier molecular flexibility index (Phi) is 9.41. The molecule has 0 heterocycles. The third-order valence-electron chi connectivity index (χ3n) is 5.06. The Morgan fingerprint density at radius 3 is 2.68 bits per heavy atom. The number of hydrogen-bond donors (Lipinski definition) is 1. The van der Waals surface area contributed by atoms with Crippen molar-refractivity contribution in [3.8, 4) is 17.6 Å². The first-order valence-corrected chi connectivity index (χ1v) is 10.4. The van der Waals surface area contributed by atoms with Crippen molar-refractivity contribution < 1.29 is 14.3 Å². The zero-order valence-electron chi connectivity index (χ0n) is 17.1. The normalized spacial score (nSPS) is 15.0. The van der Waals surface area contributed by atoms with Crippen molar-refractivity contribution in [3.63, 3.8) is 0 Å². The maximum absolute atomic E-state index is 12.4. The van der Waals surface area contributed by atoms with E-state index in [4.69, 9.17) is 9.47 Å². The minimum Gasteiger partial charge on any atom is -0.493 e. The molecule has 0 aliphatic heterocycles. The molecule has 1 aliphatic carbocycles. The average molecular weight is 385 g/mol. The Balaban J connectivity index is 2.01. The number of carbonyl (C=O) groups excluding carboxylic acids is 1. The summed E-state index contributed by atoms with van der Waals surface area (Å²) in [5.74, 6) is 0.986. The van der Waals surface area contributed by atoms with Crippen LogP contribution in [0.3, 0.4) is 0 Å². The molecule has 1 saturated carbocycles. The van der Waals surface area contributed by atoms with E-state index in [0.717, 1.165) is 44.1 Å². The van der Waals surface area contributed by atoms with Crippen LogP contribution in [0.15, 0.2) is 23.8 Å². The summed E-state index contributed by atoms with van der Waals surface area (Å²) in [5, 5.41) is 12.4. The molecule has 1 aromatic carbocycles. The van der Waals surface area contributed by atoms with Gasteiger partial charge in [-0.1, -0.05) is 51.5 Å². The van der Waals surface area contributed by atoms with Crippen LogP contribution in [0.5, 0.6) is 11.5 Å². The Morgan fingerprint density at radius 1 is 1.21 bits per heavy atom. The van der Waals surface area contributed by atoms with Crippen LogP contribution in [-0.2, 0) is 4.79 Å². The third-order valence-corrected chi connectivity index (χ3v) is 5.06. The number of unbranched alkanes of at least 4 members (excludes halogenated alkanes) is 3. The molecule has 1 N–H and O–H groups in total. The van der Waals surface area contributed by atoms with Gasteiger partial charge in [0.1, 0.15) is 11.6 Å². The van der Waals surface area contributed by atoms with E-state index in [1.807, 2.05) is 18.2 Å². The van der Waals surface area contributed by atoms with Gasteiger partial charge < -0.3 is 14.8 Å². The fourth-order valence-electron chi connectivity index (χ4n) is 3.43. The number of nitriles is 1. The minimum atomic E-state index is -0.301. The van der Waals surface area contributed by atoms with Crippen molar-refractivity contribution in [2.45, 2.75) is 70.8 Å².